The fourth-order valence-electron chi connectivity index (χ4n) is 6.13. The van der Waals surface area contributed by atoms with E-state index in [2.05, 4.69) is 27.7 Å². The zero-order chi connectivity index (χ0) is 27.7. The van der Waals surface area contributed by atoms with Crippen molar-refractivity contribution in [1.29, 1.82) is 0 Å². The molecule has 0 radical (unpaired) electrons. The first kappa shape index (κ1) is 35.9. The number of rotatable bonds is 28. The lowest BCUT2D eigenvalue weighted by molar-refractivity contribution is -0.139. The van der Waals surface area contributed by atoms with Crippen molar-refractivity contribution in [3.63, 3.8) is 0 Å². The molecule has 0 rings (SSSR count). The van der Waals surface area contributed by atoms with E-state index >= 15 is 0 Å². The number of unbranched alkanes of at least 4 members (excludes halogenated alkanes) is 11. The SMILES string of the molecule is CCCCC(CC)CC(CC(CC)CCCC)C(CCCCCCCCCCCCC(=O)O)CC(=O)O. The van der Waals surface area contributed by atoms with Gasteiger partial charge in [-0.1, -0.05) is 137 Å². The van der Waals surface area contributed by atoms with Crippen LogP contribution in [0.4, 0.5) is 0 Å². The van der Waals surface area contributed by atoms with Crippen LogP contribution in [-0.4, -0.2) is 22.2 Å². The molecule has 3 unspecified atom stereocenters. The van der Waals surface area contributed by atoms with Crippen LogP contribution >= 0.6 is 0 Å². The zero-order valence-corrected chi connectivity index (χ0v) is 25.3. The van der Waals surface area contributed by atoms with Gasteiger partial charge in [0.2, 0.25) is 0 Å². The van der Waals surface area contributed by atoms with E-state index in [1.165, 1.54) is 109 Å². The van der Waals surface area contributed by atoms with Gasteiger partial charge in [0.25, 0.3) is 0 Å². The van der Waals surface area contributed by atoms with Gasteiger partial charge in [-0.15, -0.1) is 0 Å². The highest BCUT2D eigenvalue weighted by Gasteiger charge is 2.28. The smallest absolute Gasteiger partial charge is 0.303 e. The summed E-state index contributed by atoms with van der Waals surface area (Å²) in [6.07, 6.45) is 26.0. The summed E-state index contributed by atoms with van der Waals surface area (Å²) in [5.74, 6) is 1.08. The summed E-state index contributed by atoms with van der Waals surface area (Å²) in [5, 5.41) is 18.5. The molecule has 0 aliphatic carbocycles. The van der Waals surface area contributed by atoms with Crippen molar-refractivity contribution in [2.75, 3.05) is 0 Å². The molecule has 2 N–H and O–H groups in total. The molecule has 0 fully saturated rings. The summed E-state index contributed by atoms with van der Waals surface area (Å²) in [6.45, 7) is 9.21. The van der Waals surface area contributed by atoms with E-state index in [9.17, 15) is 14.7 Å². The molecule has 0 bridgehead atoms. The topological polar surface area (TPSA) is 74.6 Å². The van der Waals surface area contributed by atoms with E-state index in [0.29, 0.717) is 24.7 Å². The molecule has 0 aromatic carbocycles. The summed E-state index contributed by atoms with van der Waals surface area (Å²) < 4.78 is 0. The standard InChI is InChI=1S/C33H64O4/c1-5-9-21-28(7-3)25-31(26-29(8-4)22-10-6-2)30(27-33(36)37)23-19-17-15-13-11-12-14-16-18-20-24-32(34)35/h28-31H,5-27H2,1-4H3,(H,34,35)(H,36,37). The van der Waals surface area contributed by atoms with Crippen LogP contribution in [0, 0.1) is 23.7 Å². The van der Waals surface area contributed by atoms with Crippen LogP contribution in [0.25, 0.3) is 0 Å². The fraction of sp³-hybridized carbons (Fsp3) is 0.939. The summed E-state index contributed by atoms with van der Waals surface area (Å²) in [5.41, 5.74) is 0. The Morgan fingerprint density at radius 1 is 0.514 bits per heavy atom. The molecule has 37 heavy (non-hydrogen) atoms. The molecular weight excluding hydrogens is 460 g/mol. The van der Waals surface area contributed by atoms with Gasteiger partial charge in [0.05, 0.1) is 0 Å². The molecule has 220 valence electrons. The van der Waals surface area contributed by atoms with Crippen LogP contribution in [0.2, 0.25) is 0 Å². The number of carbonyl (C=O) groups is 2. The molecule has 0 aliphatic heterocycles. The molecule has 0 saturated heterocycles. The second-order valence-corrected chi connectivity index (χ2v) is 11.9. The molecule has 0 saturated carbocycles. The summed E-state index contributed by atoms with van der Waals surface area (Å²) in [6, 6.07) is 0. The summed E-state index contributed by atoms with van der Waals surface area (Å²) in [7, 11) is 0. The lowest BCUT2D eigenvalue weighted by Gasteiger charge is -2.32. The van der Waals surface area contributed by atoms with Crippen molar-refractivity contribution in [1.82, 2.24) is 0 Å². The normalized spacial score (nSPS) is 14.8. The Morgan fingerprint density at radius 2 is 0.946 bits per heavy atom. The van der Waals surface area contributed by atoms with Gasteiger partial charge in [0.1, 0.15) is 0 Å². The minimum Gasteiger partial charge on any atom is -0.481 e. The lowest BCUT2D eigenvalue weighted by atomic mass is 9.73. The second-order valence-electron chi connectivity index (χ2n) is 11.9. The van der Waals surface area contributed by atoms with Gasteiger partial charge < -0.3 is 10.2 Å². The summed E-state index contributed by atoms with van der Waals surface area (Å²) >= 11 is 0. The second kappa shape index (κ2) is 25.2. The van der Waals surface area contributed by atoms with Crippen molar-refractivity contribution < 1.29 is 19.8 Å². The van der Waals surface area contributed by atoms with Crippen molar-refractivity contribution in [3.05, 3.63) is 0 Å². The predicted octanol–water partition coefficient (Wildman–Crippen LogP) is 10.7. The van der Waals surface area contributed by atoms with E-state index in [1.807, 2.05) is 0 Å². The third-order valence-electron chi connectivity index (χ3n) is 8.68. The number of carboxylic acid groups (broad SMARTS) is 2. The molecule has 3 atom stereocenters. The minimum absolute atomic E-state index is 0.305. The van der Waals surface area contributed by atoms with Gasteiger partial charge in [-0.3, -0.25) is 9.59 Å². The Hall–Kier alpha value is -1.06. The number of carboxylic acids is 2. The Kier molecular flexibility index (Phi) is 24.5. The molecule has 4 heteroatoms. The molecule has 0 aromatic heterocycles. The van der Waals surface area contributed by atoms with E-state index < -0.39 is 11.9 Å². The highest BCUT2D eigenvalue weighted by molar-refractivity contribution is 5.67. The summed E-state index contributed by atoms with van der Waals surface area (Å²) in [4.78, 5) is 22.4. The van der Waals surface area contributed by atoms with Crippen LogP contribution < -0.4 is 0 Å². The molecular formula is C33H64O4. The quantitative estimate of drug-likeness (QED) is 0.0998. The van der Waals surface area contributed by atoms with Gasteiger partial charge in [0, 0.05) is 12.8 Å². The van der Waals surface area contributed by atoms with Gasteiger partial charge in [-0.2, -0.15) is 0 Å². The van der Waals surface area contributed by atoms with Gasteiger partial charge in [0.15, 0.2) is 0 Å². The third-order valence-corrected chi connectivity index (χ3v) is 8.68. The van der Waals surface area contributed by atoms with Gasteiger partial charge in [-0.05, 0) is 49.4 Å². The van der Waals surface area contributed by atoms with Crippen LogP contribution in [0.1, 0.15) is 175 Å². The highest BCUT2D eigenvalue weighted by Crippen LogP contribution is 2.37. The first-order chi connectivity index (χ1) is 17.9. The van der Waals surface area contributed by atoms with E-state index in [1.54, 1.807) is 0 Å². The number of hydrogen-bond acceptors (Lipinski definition) is 2. The Morgan fingerprint density at radius 3 is 1.32 bits per heavy atom. The minimum atomic E-state index is -0.680. The molecule has 0 amide bonds. The van der Waals surface area contributed by atoms with Crippen LogP contribution in [0.3, 0.4) is 0 Å². The Bertz CT molecular complexity index is 514. The maximum absolute atomic E-state index is 11.9. The van der Waals surface area contributed by atoms with Gasteiger partial charge >= 0.3 is 11.9 Å². The van der Waals surface area contributed by atoms with E-state index in [-0.39, 0.29) is 0 Å². The first-order valence-electron chi connectivity index (χ1n) is 16.3. The predicted molar refractivity (Wildman–Crippen MR) is 158 cm³/mol. The Labute approximate surface area is 230 Å². The average Bonchev–Trinajstić information content (AvgIpc) is 2.87. The number of hydrogen-bond donors (Lipinski definition) is 2. The highest BCUT2D eigenvalue weighted by atomic mass is 16.4. The molecule has 0 aromatic rings. The molecule has 0 aliphatic rings. The van der Waals surface area contributed by atoms with Gasteiger partial charge in [-0.25, -0.2) is 0 Å². The maximum atomic E-state index is 11.9. The van der Waals surface area contributed by atoms with Crippen LogP contribution in [0.15, 0.2) is 0 Å². The zero-order valence-electron chi connectivity index (χ0n) is 25.3. The van der Waals surface area contributed by atoms with Crippen molar-refractivity contribution in [2.24, 2.45) is 23.7 Å². The van der Waals surface area contributed by atoms with E-state index in [0.717, 1.165) is 37.5 Å². The molecule has 4 nitrogen and oxygen atoms in total. The first-order valence-corrected chi connectivity index (χ1v) is 16.3. The third kappa shape index (κ3) is 21.6. The largest absolute Gasteiger partial charge is 0.481 e. The maximum Gasteiger partial charge on any atom is 0.303 e. The van der Waals surface area contributed by atoms with Crippen LogP contribution in [-0.2, 0) is 9.59 Å². The fourth-order valence-corrected chi connectivity index (χ4v) is 6.13. The van der Waals surface area contributed by atoms with E-state index in [4.69, 9.17) is 5.11 Å². The molecule has 0 spiro atoms. The monoisotopic (exact) mass is 524 g/mol. The molecule has 0 heterocycles. The van der Waals surface area contributed by atoms with Crippen molar-refractivity contribution >= 4 is 11.9 Å². The van der Waals surface area contributed by atoms with Crippen molar-refractivity contribution in [2.45, 2.75) is 175 Å². The lowest BCUT2D eigenvalue weighted by Crippen LogP contribution is -2.24. The van der Waals surface area contributed by atoms with Crippen molar-refractivity contribution in [3.8, 4) is 0 Å². The Balaban J connectivity index is 4.70. The average molecular weight is 525 g/mol. The van der Waals surface area contributed by atoms with Crippen LogP contribution in [0.5, 0.6) is 0 Å². The number of aliphatic carboxylic acids is 2.